The van der Waals surface area contributed by atoms with E-state index in [1.54, 1.807) is 0 Å². The van der Waals surface area contributed by atoms with Gasteiger partial charge in [0.2, 0.25) is 5.91 Å². The summed E-state index contributed by atoms with van der Waals surface area (Å²) < 4.78 is 0. The van der Waals surface area contributed by atoms with Gasteiger partial charge in [0.1, 0.15) is 0 Å². The number of nitrogens with two attached hydrogens (primary N) is 1. The first kappa shape index (κ1) is 17.9. The number of aliphatic hydroxyl groups excluding tert-OH is 1. The number of β-amino-alcohol motifs (C(OH)–C–C–N with tert-alkyl or cyclic N) is 1. The molecule has 3 atom stereocenters. The third-order valence-corrected chi connectivity index (χ3v) is 4.68. The van der Waals surface area contributed by atoms with E-state index in [2.05, 4.69) is 28.9 Å². The smallest absolute Gasteiger partial charge is 0.221 e. The first-order valence-corrected chi connectivity index (χ1v) is 8.39. The molecular formula is C18H29N3O2. The van der Waals surface area contributed by atoms with Crippen LogP contribution < -0.4 is 5.73 Å². The highest BCUT2D eigenvalue weighted by atomic mass is 16.3. The molecule has 128 valence electrons. The summed E-state index contributed by atoms with van der Waals surface area (Å²) >= 11 is 0. The minimum Gasteiger partial charge on any atom is -0.390 e. The van der Waals surface area contributed by atoms with Crippen molar-refractivity contribution in [2.75, 3.05) is 26.7 Å². The summed E-state index contributed by atoms with van der Waals surface area (Å²) in [6.45, 7) is 4.83. The molecule has 1 fully saturated rings. The van der Waals surface area contributed by atoms with Gasteiger partial charge in [0, 0.05) is 32.2 Å². The summed E-state index contributed by atoms with van der Waals surface area (Å²) in [6.07, 6.45) is 1.38. The topological polar surface area (TPSA) is 69.8 Å². The van der Waals surface area contributed by atoms with E-state index >= 15 is 0 Å². The number of hydrogen-bond donors (Lipinski definition) is 2. The molecule has 1 aromatic carbocycles. The predicted octanol–water partition coefficient (Wildman–Crippen LogP) is 1.07. The van der Waals surface area contributed by atoms with E-state index in [4.69, 9.17) is 5.73 Å². The zero-order valence-corrected chi connectivity index (χ0v) is 14.2. The molecule has 5 heteroatoms. The molecule has 1 amide bonds. The Kier molecular flexibility index (Phi) is 6.57. The van der Waals surface area contributed by atoms with Crippen molar-refractivity contribution >= 4 is 5.91 Å². The summed E-state index contributed by atoms with van der Waals surface area (Å²) in [6, 6.07) is 10.6. The number of nitrogens with zero attached hydrogens (tertiary/aromatic N) is 2. The molecule has 0 bridgehead atoms. The highest BCUT2D eigenvalue weighted by Gasteiger charge is 2.29. The third kappa shape index (κ3) is 5.61. The summed E-state index contributed by atoms with van der Waals surface area (Å²) in [4.78, 5) is 15.7. The zero-order chi connectivity index (χ0) is 16.8. The molecule has 2 rings (SSSR count). The quantitative estimate of drug-likeness (QED) is 0.788. The fourth-order valence-electron chi connectivity index (χ4n) is 3.31. The largest absolute Gasteiger partial charge is 0.390 e. The van der Waals surface area contributed by atoms with Gasteiger partial charge < -0.3 is 10.8 Å². The molecule has 1 aliphatic rings. The lowest BCUT2D eigenvalue weighted by molar-refractivity contribution is -0.124. The average molecular weight is 319 g/mol. The van der Waals surface area contributed by atoms with Crippen molar-refractivity contribution in [3.8, 4) is 0 Å². The molecule has 1 heterocycles. The Morgan fingerprint density at radius 1 is 1.39 bits per heavy atom. The molecule has 5 nitrogen and oxygen atoms in total. The molecule has 3 unspecified atom stereocenters. The monoisotopic (exact) mass is 319 g/mol. The molecule has 1 aliphatic heterocycles. The van der Waals surface area contributed by atoms with Crippen LogP contribution >= 0.6 is 0 Å². The van der Waals surface area contributed by atoms with Crippen molar-refractivity contribution in [1.82, 2.24) is 9.80 Å². The molecular weight excluding hydrogens is 290 g/mol. The van der Waals surface area contributed by atoms with Crippen LogP contribution in [0.3, 0.4) is 0 Å². The maximum Gasteiger partial charge on any atom is 0.221 e. The van der Waals surface area contributed by atoms with E-state index in [-0.39, 0.29) is 11.8 Å². The Hall–Kier alpha value is -1.43. The van der Waals surface area contributed by atoms with Gasteiger partial charge in [0.25, 0.3) is 0 Å². The van der Waals surface area contributed by atoms with E-state index in [1.165, 1.54) is 5.56 Å². The second kappa shape index (κ2) is 8.43. The number of primary amides is 1. The Bertz CT molecular complexity index is 494. The van der Waals surface area contributed by atoms with Crippen molar-refractivity contribution in [1.29, 1.82) is 0 Å². The molecule has 1 aromatic rings. The first-order chi connectivity index (χ1) is 11.0. The van der Waals surface area contributed by atoms with Crippen LogP contribution in [0.2, 0.25) is 0 Å². The standard InChI is InChI=1S/C18H29N3O2/c1-14-8-9-16(18(19)23)11-21(14)13-17(22)12-20(2)10-15-6-4-3-5-7-15/h3-7,14,16-17,22H,8-13H2,1-2H3,(H2,19,23). The average Bonchev–Trinajstić information content (AvgIpc) is 2.50. The van der Waals surface area contributed by atoms with Gasteiger partial charge in [0.15, 0.2) is 0 Å². The lowest BCUT2D eigenvalue weighted by Crippen LogP contribution is -2.49. The van der Waals surface area contributed by atoms with E-state index in [0.29, 0.717) is 25.7 Å². The second-order valence-electron chi connectivity index (χ2n) is 6.82. The summed E-state index contributed by atoms with van der Waals surface area (Å²) in [7, 11) is 2.02. The summed E-state index contributed by atoms with van der Waals surface area (Å²) in [5.74, 6) is -0.307. The highest BCUT2D eigenvalue weighted by molar-refractivity contribution is 5.76. The molecule has 3 N–H and O–H groups in total. The number of carbonyl (C=O) groups is 1. The predicted molar refractivity (Wildman–Crippen MR) is 91.7 cm³/mol. The van der Waals surface area contributed by atoms with E-state index in [0.717, 1.165) is 19.4 Å². The lowest BCUT2D eigenvalue weighted by atomic mass is 9.92. The lowest BCUT2D eigenvalue weighted by Gasteiger charge is -2.38. The van der Waals surface area contributed by atoms with Gasteiger partial charge in [-0.25, -0.2) is 0 Å². The van der Waals surface area contributed by atoms with Crippen LogP contribution in [-0.4, -0.2) is 59.6 Å². The van der Waals surface area contributed by atoms with E-state index in [9.17, 15) is 9.90 Å². The normalized spacial score (nSPS) is 23.8. The Labute approximate surface area is 139 Å². The van der Waals surface area contributed by atoms with Crippen LogP contribution in [-0.2, 0) is 11.3 Å². The van der Waals surface area contributed by atoms with Gasteiger partial charge in [-0.05, 0) is 32.4 Å². The van der Waals surface area contributed by atoms with Gasteiger partial charge in [-0.1, -0.05) is 30.3 Å². The molecule has 0 aliphatic carbocycles. The van der Waals surface area contributed by atoms with Crippen molar-refractivity contribution < 1.29 is 9.90 Å². The number of benzene rings is 1. The van der Waals surface area contributed by atoms with Gasteiger partial charge in [-0.15, -0.1) is 0 Å². The highest BCUT2D eigenvalue weighted by Crippen LogP contribution is 2.21. The molecule has 0 spiro atoms. The van der Waals surface area contributed by atoms with E-state index in [1.807, 2.05) is 25.2 Å². The molecule has 0 saturated carbocycles. The van der Waals surface area contributed by atoms with Gasteiger partial charge >= 0.3 is 0 Å². The van der Waals surface area contributed by atoms with E-state index < -0.39 is 6.10 Å². The number of amides is 1. The van der Waals surface area contributed by atoms with Crippen LogP contribution in [0.5, 0.6) is 0 Å². The second-order valence-corrected chi connectivity index (χ2v) is 6.82. The van der Waals surface area contributed by atoms with Crippen LogP contribution in [0, 0.1) is 5.92 Å². The number of likely N-dealkylation sites (tertiary alicyclic amines) is 1. The molecule has 1 saturated heterocycles. The van der Waals surface area contributed by atoms with Crippen LogP contribution in [0.1, 0.15) is 25.3 Å². The number of aliphatic hydroxyl groups is 1. The van der Waals surface area contributed by atoms with Crippen molar-refractivity contribution in [3.63, 3.8) is 0 Å². The number of hydrogen-bond acceptors (Lipinski definition) is 4. The Morgan fingerprint density at radius 3 is 2.74 bits per heavy atom. The Balaban J connectivity index is 1.81. The van der Waals surface area contributed by atoms with Gasteiger partial charge in [-0.2, -0.15) is 0 Å². The van der Waals surface area contributed by atoms with Crippen LogP contribution in [0.4, 0.5) is 0 Å². The SMILES string of the molecule is CC1CCC(C(N)=O)CN1CC(O)CN(C)Cc1ccccc1. The van der Waals surface area contributed by atoms with Crippen molar-refractivity contribution in [2.24, 2.45) is 11.7 Å². The van der Waals surface area contributed by atoms with Gasteiger partial charge in [-0.3, -0.25) is 14.6 Å². The van der Waals surface area contributed by atoms with Crippen LogP contribution in [0.25, 0.3) is 0 Å². The maximum atomic E-state index is 11.4. The number of likely N-dealkylation sites (N-methyl/N-ethyl adjacent to an activating group) is 1. The number of piperidine rings is 1. The zero-order valence-electron chi connectivity index (χ0n) is 14.2. The molecule has 0 radical (unpaired) electrons. The Morgan fingerprint density at radius 2 is 2.09 bits per heavy atom. The minimum absolute atomic E-state index is 0.0829. The van der Waals surface area contributed by atoms with Crippen molar-refractivity contribution in [3.05, 3.63) is 35.9 Å². The third-order valence-electron chi connectivity index (χ3n) is 4.68. The fourth-order valence-corrected chi connectivity index (χ4v) is 3.31. The molecule has 23 heavy (non-hydrogen) atoms. The van der Waals surface area contributed by atoms with Crippen LogP contribution in [0.15, 0.2) is 30.3 Å². The summed E-state index contributed by atoms with van der Waals surface area (Å²) in [5.41, 5.74) is 6.67. The molecule has 0 aromatic heterocycles. The first-order valence-electron chi connectivity index (χ1n) is 8.39. The van der Waals surface area contributed by atoms with Crippen molar-refractivity contribution in [2.45, 2.75) is 38.5 Å². The number of rotatable bonds is 7. The fraction of sp³-hybridized carbons (Fsp3) is 0.611. The minimum atomic E-state index is -0.433. The number of carbonyl (C=O) groups excluding carboxylic acids is 1. The summed E-state index contributed by atoms with van der Waals surface area (Å²) in [5, 5.41) is 10.4. The maximum absolute atomic E-state index is 11.4. The van der Waals surface area contributed by atoms with Gasteiger partial charge in [0.05, 0.1) is 12.0 Å².